The molecule has 1 aliphatic carbocycles. The summed E-state index contributed by atoms with van der Waals surface area (Å²) in [5.74, 6) is 2.07. The minimum absolute atomic E-state index is 0.228. The Labute approximate surface area is 133 Å². The number of hydrogen-bond donors (Lipinski definition) is 1. The maximum Gasteiger partial charge on any atom is 0.141 e. The van der Waals surface area contributed by atoms with Crippen LogP contribution in [0.3, 0.4) is 0 Å². The molecule has 1 aromatic rings. The largest absolute Gasteiger partial charge is 0.316 e. The lowest BCUT2D eigenvalue weighted by Crippen LogP contribution is -2.38. The molecular formula is C18H27ClFN. The van der Waals surface area contributed by atoms with E-state index in [0.717, 1.165) is 23.8 Å². The molecular weight excluding hydrogens is 285 g/mol. The molecule has 1 aliphatic rings. The number of likely N-dealkylation sites (N-methyl/N-ethyl adjacent to an activating group) is 1. The molecule has 0 spiro atoms. The van der Waals surface area contributed by atoms with Crippen molar-refractivity contribution in [3.63, 3.8) is 0 Å². The summed E-state index contributed by atoms with van der Waals surface area (Å²) in [4.78, 5) is 0. The van der Waals surface area contributed by atoms with Gasteiger partial charge in [0.2, 0.25) is 0 Å². The summed E-state index contributed by atoms with van der Waals surface area (Å²) in [6, 6.07) is 5.55. The Morgan fingerprint density at radius 2 is 1.81 bits per heavy atom. The van der Waals surface area contributed by atoms with Crippen LogP contribution in [0, 0.1) is 23.6 Å². The first-order valence-corrected chi connectivity index (χ1v) is 8.50. The molecule has 0 bridgehead atoms. The third kappa shape index (κ3) is 4.43. The van der Waals surface area contributed by atoms with E-state index in [4.69, 9.17) is 11.6 Å². The van der Waals surface area contributed by atoms with Crippen LogP contribution in [0.4, 0.5) is 4.39 Å². The highest BCUT2D eigenvalue weighted by Crippen LogP contribution is 2.35. The predicted molar refractivity (Wildman–Crippen MR) is 88.2 cm³/mol. The third-order valence-electron chi connectivity index (χ3n) is 5.14. The molecule has 0 heterocycles. The normalized spacial score (nSPS) is 24.3. The molecule has 0 amide bonds. The van der Waals surface area contributed by atoms with Crippen molar-refractivity contribution in [1.29, 1.82) is 0 Å². The number of halogens is 2. The van der Waals surface area contributed by atoms with Gasteiger partial charge in [-0.25, -0.2) is 4.39 Å². The Hall–Kier alpha value is -0.600. The van der Waals surface area contributed by atoms with Gasteiger partial charge in [-0.3, -0.25) is 0 Å². The highest BCUT2D eigenvalue weighted by molar-refractivity contribution is 6.30. The highest BCUT2D eigenvalue weighted by atomic mass is 35.5. The molecule has 0 radical (unpaired) electrons. The molecule has 118 valence electrons. The fourth-order valence-electron chi connectivity index (χ4n) is 3.64. The molecule has 1 atom stereocenters. The van der Waals surface area contributed by atoms with Gasteiger partial charge in [-0.05, 0) is 74.6 Å². The quantitative estimate of drug-likeness (QED) is 0.800. The molecule has 1 fully saturated rings. The molecule has 1 unspecified atom stereocenters. The molecule has 21 heavy (non-hydrogen) atoms. The Kier molecular flexibility index (Phi) is 6.07. The van der Waals surface area contributed by atoms with Crippen LogP contribution in [0.5, 0.6) is 0 Å². The van der Waals surface area contributed by atoms with Gasteiger partial charge >= 0.3 is 0 Å². The molecule has 0 aliphatic heterocycles. The minimum Gasteiger partial charge on any atom is -0.316 e. The standard InChI is InChI=1S/C18H27ClFN/c1-12(2)14-5-7-15(8-6-14)18(21-3)11-13-4-9-17(20)16(19)10-13/h4,9-10,12,14-15,18,21H,5-8,11H2,1-3H3. The molecule has 1 aromatic carbocycles. The first-order valence-electron chi connectivity index (χ1n) is 8.12. The van der Waals surface area contributed by atoms with Crippen molar-refractivity contribution in [3.05, 3.63) is 34.6 Å². The molecule has 0 aromatic heterocycles. The van der Waals surface area contributed by atoms with Gasteiger partial charge in [-0.15, -0.1) is 0 Å². The van der Waals surface area contributed by atoms with Crippen LogP contribution < -0.4 is 5.32 Å². The van der Waals surface area contributed by atoms with Crippen LogP contribution in [0.2, 0.25) is 5.02 Å². The lowest BCUT2D eigenvalue weighted by molar-refractivity contribution is 0.191. The number of nitrogens with one attached hydrogen (secondary N) is 1. The maximum absolute atomic E-state index is 13.2. The number of rotatable bonds is 5. The summed E-state index contributed by atoms with van der Waals surface area (Å²) >= 11 is 5.88. The van der Waals surface area contributed by atoms with E-state index in [0.29, 0.717) is 12.0 Å². The second-order valence-electron chi connectivity index (χ2n) is 6.77. The van der Waals surface area contributed by atoms with Crippen LogP contribution in [-0.2, 0) is 6.42 Å². The topological polar surface area (TPSA) is 12.0 Å². The van der Waals surface area contributed by atoms with Gasteiger partial charge in [-0.1, -0.05) is 31.5 Å². The molecule has 1 N–H and O–H groups in total. The molecule has 1 saturated carbocycles. The second-order valence-corrected chi connectivity index (χ2v) is 7.17. The van der Waals surface area contributed by atoms with Crippen LogP contribution >= 0.6 is 11.6 Å². The zero-order valence-corrected chi connectivity index (χ0v) is 14.1. The SMILES string of the molecule is CNC(Cc1ccc(F)c(Cl)c1)C1CCC(C(C)C)CC1. The van der Waals surface area contributed by atoms with E-state index in [2.05, 4.69) is 19.2 Å². The van der Waals surface area contributed by atoms with Crippen molar-refractivity contribution in [2.45, 2.75) is 52.0 Å². The number of benzene rings is 1. The van der Waals surface area contributed by atoms with Crippen molar-refractivity contribution in [2.24, 2.45) is 17.8 Å². The summed E-state index contributed by atoms with van der Waals surface area (Å²) in [5, 5.41) is 3.69. The van der Waals surface area contributed by atoms with Crippen LogP contribution in [-0.4, -0.2) is 13.1 Å². The monoisotopic (exact) mass is 311 g/mol. The van der Waals surface area contributed by atoms with Crippen LogP contribution in [0.25, 0.3) is 0 Å². The third-order valence-corrected chi connectivity index (χ3v) is 5.43. The lowest BCUT2D eigenvalue weighted by atomic mass is 9.73. The van der Waals surface area contributed by atoms with Crippen molar-refractivity contribution < 1.29 is 4.39 Å². The Bertz CT molecular complexity index is 453. The first-order chi connectivity index (χ1) is 10.0. The molecule has 1 nitrogen and oxygen atoms in total. The summed E-state index contributed by atoms with van der Waals surface area (Å²) < 4.78 is 13.2. The maximum atomic E-state index is 13.2. The van der Waals surface area contributed by atoms with Crippen molar-refractivity contribution in [3.8, 4) is 0 Å². The van der Waals surface area contributed by atoms with Crippen molar-refractivity contribution in [1.82, 2.24) is 5.32 Å². The zero-order chi connectivity index (χ0) is 15.4. The van der Waals surface area contributed by atoms with Gasteiger partial charge in [0, 0.05) is 6.04 Å². The number of hydrogen-bond acceptors (Lipinski definition) is 1. The van der Waals surface area contributed by atoms with Gasteiger partial charge in [0.1, 0.15) is 5.82 Å². The second kappa shape index (κ2) is 7.60. The first kappa shape index (κ1) is 16.8. The Morgan fingerprint density at radius 3 is 2.33 bits per heavy atom. The van der Waals surface area contributed by atoms with E-state index >= 15 is 0 Å². The van der Waals surface area contributed by atoms with Crippen LogP contribution in [0.15, 0.2) is 18.2 Å². The fraction of sp³-hybridized carbons (Fsp3) is 0.667. The van der Waals surface area contributed by atoms with E-state index in [1.807, 2.05) is 13.1 Å². The predicted octanol–water partition coefficient (Wildman–Crippen LogP) is 5.07. The molecule has 3 heteroatoms. The average molecular weight is 312 g/mol. The smallest absolute Gasteiger partial charge is 0.141 e. The van der Waals surface area contributed by atoms with Gasteiger partial charge in [0.15, 0.2) is 0 Å². The zero-order valence-electron chi connectivity index (χ0n) is 13.3. The lowest BCUT2D eigenvalue weighted by Gasteiger charge is -2.35. The Balaban J connectivity index is 1.95. The summed E-state index contributed by atoms with van der Waals surface area (Å²) in [6.45, 7) is 4.67. The van der Waals surface area contributed by atoms with E-state index in [1.54, 1.807) is 6.07 Å². The van der Waals surface area contributed by atoms with Gasteiger partial charge in [0.05, 0.1) is 5.02 Å². The summed E-state index contributed by atoms with van der Waals surface area (Å²) in [7, 11) is 2.03. The average Bonchev–Trinajstić information content (AvgIpc) is 2.48. The fourth-order valence-corrected chi connectivity index (χ4v) is 3.84. The van der Waals surface area contributed by atoms with Gasteiger partial charge < -0.3 is 5.32 Å². The van der Waals surface area contributed by atoms with Crippen molar-refractivity contribution in [2.75, 3.05) is 7.05 Å². The van der Waals surface area contributed by atoms with Gasteiger partial charge in [-0.2, -0.15) is 0 Å². The minimum atomic E-state index is -0.334. The molecule has 2 rings (SSSR count). The van der Waals surface area contributed by atoms with Crippen molar-refractivity contribution >= 4 is 11.6 Å². The summed E-state index contributed by atoms with van der Waals surface area (Å²) in [6.07, 6.45) is 6.19. The summed E-state index contributed by atoms with van der Waals surface area (Å²) in [5.41, 5.74) is 1.12. The molecule has 0 saturated heterocycles. The highest BCUT2D eigenvalue weighted by Gasteiger charge is 2.28. The van der Waals surface area contributed by atoms with E-state index < -0.39 is 0 Å². The Morgan fingerprint density at radius 1 is 1.19 bits per heavy atom. The van der Waals surface area contributed by atoms with E-state index in [9.17, 15) is 4.39 Å². The van der Waals surface area contributed by atoms with E-state index in [1.165, 1.54) is 31.7 Å². The van der Waals surface area contributed by atoms with Gasteiger partial charge in [0.25, 0.3) is 0 Å². The van der Waals surface area contributed by atoms with Crippen LogP contribution in [0.1, 0.15) is 45.1 Å². The van der Waals surface area contributed by atoms with E-state index in [-0.39, 0.29) is 10.8 Å².